The van der Waals surface area contributed by atoms with E-state index in [-0.39, 0.29) is 12.0 Å². The quantitative estimate of drug-likeness (QED) is 0.769. The van der Waals surface area contributed by atoms with Crippen molar-refractivity contribution < 1.29 is 13.2 Å². The van der Waals surface area contributed by atoms with Crippen LogP contribution >= 0.6 is 0 Å². The predicted octanol–water partition coefficient (Wildman–Crippen LogP) is 2.96. The van der Waals surface area contributed by atoms with Crippen LogP contribution in [-0.2, 0) is 0 Å². The Labute approximate surface area is 92.7 Å². The Bertz CT molecular complexity index is 369. The van der Waals surface area contributed by atoms with Crippen molar-refractivity contribution in [1.82, 2.24) is 5.32 Å². The van der Waals surface area contributed by atoms with Gasteiger partial charge in [-0.1, -0.05) is 6.92 Å². The highest BCUT2D eigenvalue weighted by Gasteiger charge is 2.28. The van der Waals surface area contributed by atoms with E-state index in [0.29, 0.717) is 5.56 Å². The normalized spacial score (nSPS) is 25.0. The molecule has 1 aromatic carbocycles. The largest absolute Gasteiger partial charge is 0.313 e. The van der Waals surface area contributed by atoms with Crippen LogP contribution in [0, 0.1) is 17.5 Å². The van der Waals surface area contributed by atoms with Crippen molar-refractivity contribution in [2.75, 3.05) is 6.54 Å². The van der Waals surface area contributed by atoms with Crippen LogP contribution in [0.1, 0.15) is 31.2 Å². The van der Waals surface area contributed by atoms with Crippen LogP contribution in [-0.4, -0.2) is 12.6 Å². The van der Waals surface area contributed by atoms with E-state index < -0.39 is 17.5 Å². The fourth-order valence-corrected chi connectivity index (χ4v) is 2.38. The first-order valence-corrected chi connectivity index (χ1v) is 5.51. The second-order valence-corrected chi connectivity index (χ2v) is 4.16. The minimum atomic E-state index is -1.39. The summed E-state index contributed by atoms with van der Waals surface area (Å²) in [4.78, 5) is 0. The third kappa shape index (κ3) is 1.94. The Morgan fingerprint density at radius 2 is 1.88 bits per heavy atom. The molecule has 4 heteroatoms. The van der Waals surface area contributed by atoms with E-state index in [0.717, 1.165) is 31.5 Å². The van der Waals surface area contributed by atoms with E-state index >= 15 is 0 Å². The van der Waals surface area contributed by atoms with Gasteiger partial charge in [-0.05, 0) is 37.1 Å². The van der Waals surface area contributed by atoms with E-state index in [2.05, 4.69) is 5.32 Å². The fourth-order valence-electron chi connectivity index (χ4n) is 2.38. The molecular formula is C12H14F3N. The molecule has 0 radical (unpaired) electrons. The highest BCUT2D eigenvalue weighted by Crippen LogP contribution is 2.30. The molecule has 1 aliphatic heterocycles. The number of rotatable bonds is 2. The minimum absolute atomic E-state index is 0.0783. The summed E-state index contributed by atoms with van der Waals surface area (Å²) < 4.78 is 39.0. The second-order valence-electron chi connectivity index (χ2n) is 4.16. The molecule has 1 nitrogen and oxygen atoms in total. The lowest BCUT2D eigenvalue weighted by molar-refractivity contribution is 0.440. The average molecular weight is 229 g/mol. The number of halogens is 3. The molecule has 1 saturated heterocycles. The lowest BCUT2D eigenvalue weighted by atomic mass is 9.90. The maximum Gasteiger partial charge on any atom is 0.194 e. The summed E-state index contributed by atoms with van der Waals surface area (Å²) in [6, 6.07) is 2.45. The molecule has 1 aromatic rings. The molecule has 1 fully saturated rings. The lowest BCUT2D eigenvalue weighted by Crippen LogP contribution is -2.24. The maximum atomic E-state index is 13.1. The molecule has 1 aliphatic rings. The summed E-state index contributed by atoms with van der Waals surface area (Å²) in [5.74, 6) is -3.51. The van der Waals surface area contributed by atoms with Gasteiger partial charge in [-0.2, -0.15) is 0 Å². The molecule has 88 valence electrons. The summed E-state index contributed by atoms with van der Waals surface area (Å²) in [6.07, 6.45) is 1.73. The van der Waals surface area contributed by atoms with Gasteiger partial charge >= 0.3 is 0 Å². The SMILES string of the molecule is CCC1NCCC1c1cc(F)c(F)c(F)c1. The van der Waals surface area contributed by atoms with Crippen molar-refractivity contribution in [2.24, 2.45) is 0 Å². The third-order valence-electron chi connectivity index (χ3n) is 3.22. The third-order valence-corrected chi connectivity index (χ3v) is 3.22. The van der Waals surface area contributed by atoms with Crippen LogP contribution in [0.4, 0.5) is 13.2 Å². The van der Waals surface area contributed by atoms with Crippen molar-refractivity contribution in [3.05, 3.63) is 35.1 Å². The highest BCUT2D eigenvalue weighted by molar-refractivity contribution is 5.25. The molecule has 0 aromatic heterocycles. The second kappa shape index (κ2) is 4.45. The van der Waals surface area contributed by atoms with Crippen molar-refractivity contribution in [1.29, 1.82) is 0 Å². The molecule has 16 heavy (non-hydrogen) atoms. The molecule has 0 amide bonds. The molecule has 2 unspecified atom stereocenters. The Morgan fingerprint density at radius 3 is 2.44 bits per heavy atom. The zero-order valence-corrected chi connectivity index (χ0v) is 9.06. The van der Waals surface area contributed by atoms with Gasteiger partial charge in [0.1, 0.15) is 0 Å². The molecule has 1 N–H and O–H groups in total. The van der Waals surface area contributed by atoms with E-state index in [1.807, 2.05) is 6.92 Å². The fraction of sp³-hybridized carbons (Fsp3) is 0.500. The average Bonchev–Trinajstić information content (AvgIpc) is 2.73. The van der Waals surface area contributed by atoms with Crippen LogP contribution in [0.2, 0.25) is 0 Å². The summed E-state index contributed by atoms with van der Waals surface area (Å²) in [5.41, 5.74) is 0.549. The van der Waals surface area contributed by atoms with Crippen molar-refractivity contribution in [3.8, 4) is 0 Å². The summed E-state index contributed by atoms with van der Waals surface area (Å²) in [7, 11) is 0. The summed E-state index contributed by atoms with van der Waals surface area (Å²) in [6.45, 7) is 2.86. The Balaban J connectivity index is 2.33. The van der Waals surface area contributed by atoms with Gasteiger partial charge in [0, 0.05) is 12.0 Å². The van der Waals surface area contributed by atoms with Gasteiger partial charge in [0.05, 0.1) is 0 Å². The van der Waals surface area contributed by atoms with E-state index in [1.165, 1.54) is 0 Å². The highest BCUT2D eigenvalue weighted by atomic mass is 19.2. The molecule has 0 spiro atoms. The van der Waals surface area contributed by atoms with Crippen molar-refractivity contribution >= 4 is 0 Å². The summed E-state index contributed by atoms with van der Waals surface area (Å²) in [5, 5.41) is 3.27. The summed E-state index contributed by atoms with van der Waals surface area (Å²) >= 11 is 0. The molecule has 2 atom stereocenters. The van der Waals surface area contributed by atoms with Gasteiger partial charge in [-0.15, -0.1) is 0 Å². The van der Waals surface area contributed by atoms with Crippen LogP contribution in [0.5, 0.6) is 0 Å². The Morgan fingerprint density at radius 1 is 1.25 bits per heavy atom. The molecular weight excluding hydrogens is 215 g/mol. The number of nitrogens with one attached hydrogen (secondary N) is 1. The van der Waals surface area contributed by atoms with Crippen LogP contribution in [0.3, 0.4) is 0 Å². The molecule has 0 aliphatic carbocycles. The standard InChI is InChI=1S/C12H14F3N/c1-2-11-8(3-4-16-11)7-5-9(13)12(15)10(14)6-7/h5-6,8,11,16H,2-4H2,1H3. The van der Waals surface area contributed by atoms with Crippen LogP contribution in [0.25, 0.3) is 0 Å². The Hall–Kier alpha value is -1.03. The monoisotopic (exact) mass is 229 g/mol. The first-order valence-electron chi connectivity index (χ1n) is 5.51. The first kappa shape index (κ1) is 11.5. The van der Waals surface area contributed by atoms with Gasteiger partial charge in [0.2, 0.25) is 0 Å². The zero-order valence-electron chi connectivity index (χ0n) is 9.06. The van der Waals surface area contributed by atoms with Crippen LogP contribution in [0.15, 0.2) is 12.1 Å². The molecule has 2 rings (SSSR count). The van der Waals surface area contributed by atoms with Gasteiger partial charge in [-0.3, -0.25) is 0 Å². The van der Waals surface area contributed by atoms with E-state index in [1.54, 1.807) is 0 Å². The van der Waals surface area contributed by atoms with Crippen molar-refractivity contribution in [3.63, 3.8) is 0 Å². The van der Waals surface area contributed by atoms with Crippen molar-refractivity contribution in [2.45, 2.75) is 31.7 Å². The smallest absolute Gasteiger partial charge is 0.194 e. The number of benzene rings is 1. The first-order chi connectivity index (χ1) is 7.63. The van der Waals surface area contributed by atoms with Crippen LogP contribution < -0.4 is 5.32 Å². The maximum absolute atomic E-state index is 13.1. The molecule has 0 bridgehead atoms. The number of hydrogen-bond acceptors (Lipinski definition) is 1. The van der Waals surface area contributed by atoms with E-state index in [4.69, 9.17) is 0 Å². The topological polar surface area (TPSA) is 12.0 Å². The van der Waals surface area contributed by atoms with Gasteiger partial charge in [0.15, 0.2) is 17.5 Å². The lowest BCUT2D eigenvalue weighted by Gasteiger charge is -2.18. The van der Waals surface area contributed by atoms with Gasteiger partial charge < -0.3 is 5.32 Å². The Kier molecular flexibility index (Phi) is 3.19. The molecule has 0 saturated carbocycles. The number of hydrogen-bond donors (Lipinski definition) is 1. The predicted molar refractivity (Wildman–Crippen MR) is 55.8 cm³/mol. The molecule has 1 heterocycles. The van der Waals surface area contributed by atoms with Gasteiger partial charge in [0.25, 0.3) is 0 Å². The van der Waals surface area contributed by atoms with Gasteiger partial charge in [-0.25, -0.2) is 13.2 Å². The van der Waals surface area contributed by atoms with E-state index in [9.17, 15) is 13.2 Å². The minimum Gasteiger partial charge on any atom is -0.313 e. The zero-order chi connectivity index (χ0) is 11.7.